The summed E-state index contributed by atoms with van der Waals surface area (Å²) >= 11 is 3.25. The number of hydrogen-bond acceptors (Lipinski definition) is 4. The van der Waals surface area contributed by atoms with Gasteiger partial charge < -0.3 is 14.9 Å². The van der Waals surface area contributed by atoms with E-state index in [0.717, 1.165) is 4.47 Å². The first-order valence-electron chi connectivity index (χ1n) is 4.84. The maximum atomic E-state index is 11.2. The summed E-state index contributed by atoms with van der Waals surface area (Å²) < 4.78 is 5.47. The minimum absolute atomic E-state index is 0.170. The van der Waals surface area contributed by atoms with E-state index in [2.05, 4.69) is 20.7 Å². The number of carbonyl (C=O) groups excluding carboxylic acids is 1. The topological polar surface area (TPSA) is 66.8 Å². The number of rotatable bonds is 4. The molecule has 0 amide bonds. The van der Waals surface area contributed by atoms with Crippen LogP contribution in [-0.2, 0) is 9.53 Å². The van der Waals surface area contributed by atoms with E-state index in [1.54, 1.807) is 31.2 Å². The van der Waals surface area contributed by atoms with Crippen molar-refractivity contribution in [3.05, 3.63) is 34.3 Å². The fourth-order valence-corrected chi connectivity index (χ4v) is 1.46. The zero-order valence-corrected chi connectivity index (χ0v) is 10.3. The highest BCUT2D eigenvalue weighted by atomic mass is 79.9. The van der Waals surface area contributed by atoms with Gasteiger partial charge in [0.15, 0.2) is 6.10 Å². The number of aliphatic hydroxyl groups excluding tert-OH is 2. The largest absolute Gasteiger partial charge is 0.464 e. The number of halogens is 1. The lowest BCUT2D eigenvalue weighted by Crippen LogP contribution is -2.29. The molecule has 1 rings (SSSR count). The Balaban J connectivity index is 2.73. The summed E-state index contributed by atoms with van der Waals surface area (Å²) in [5.74, 6) is -0.821. The minimum atomic E-state index is -1.55. The highest BCUT2D eigenvalue weighted by Gasteiger charge is 2.26. The Labute approximate surface area is 102 Å². The van der Waals surface area contributed by atoms with E-state index >= 15 is 0 Å². The molecule has 88 valence electrons. The Morgan fingerprint density at radius 2 is 1.94 bits per heavy atom. The van der Waals surface area contributed by atoms with Gasteiger partial charge in [-0.3, -0.25) is 0 Å². The van der Waals surface area contributed by atoms with Gasteiger partial charge in [0, 0.05) is 4.47 Å². The first-order valence-corrected chi connectivity index (χ1v) is 5.63. The van der Waals surface area contributed by atoms with Crippen LogP contribution in [0.15, 0.2) is 28.7 Å². The molecule has 0 saturated carbocycles. The number of aliphatic hydroxyl groups is 2. The van der Waals surface area contributed by atoms with E-state index in [0.29, 0.717) is 5.56 Å². The summed E-state index contributed by atoms with van der Waals surface area (Å²) in [4.78, 5) is 11.2. The van der Waals surface area contributed by atoms with Crippen LogP contribution in [0, 0.1) is 0 Å². The van der Waals surface area contributed by atoms with Crippen LogP contribution in [-0.4, -0.2) is 28.9 Å². The van der Waals surface area contributed by atoms with Crippen LogP contribution < -0.4 is 0 Å². The molecule has 0 bridgehead atoms. The first kappa shape index (κ1) is 13.2. The molecule has 0 aliphatic carbocycles. The summed E-state index contributed by atoms with van der Waals surface area (Å²) in [6.45, 7) is 1.81. The lowest BCUT2D eigenvalue weighted by atomic mass is 10.0. The van der Waals surface area contributed by atoms with E-state index in [9.17, 15) is 15.0 Å². The van der Waals surface area contributed by atoms with Crippen molar-refractivity contribution < 1.29 is 19.7 Å². The molecular formula is C11H13BrO4. The second kappa shape index (κ2) is 5.98. The van der Waals surface area contributed by atoms with E-state index in [1.807, 2.05) is 0 Å². The van der Waals surface area contributed by atoms with Crippen molar-refractivity contribution >= 4 is 21.9 Å². The van der Waals surface area contributed by atoms with Crippen molar-refractivity contribution in [2.75, 3.05) is 6.61 Å². The molecule has 1 aromatic carbocycles. The average molecular weight is 289 g/mol. The molecule has 0 spiro atoms. The maximum Gasteiger partial charge on any atom is 0.338 e. The fraction of sp³-hybridized carbons (Fsp3) is 0.364. The Morgan fingerprint density at radius 1 is 1.38 bits per heavy atom. The van der Waals surface area contributed by atoms with E-state index in [4.69, 9.17) is 0 Å². The lowest BCUT2D eigenvalue weighted by Gasteiger charge is -2.16. The monoisotopic (exact) mass is 288 g/mol. The molecule has 4 nitrogen and oxygen atoms in total. The van der Waals surface area contributed by atoms with Gasteiger partial charge in [0.2, 0.25) is 0 Å². The molecule has 5 heteroatoms. The van der Waals surface area contributed by atoms with Crippen molar-refractivity contribution in [3.8, 4) is 0 Å². The van der Waals surface area contributed by atoms with Gasteiger partial charge in [-0.15, -0.1) is 0 Å². The highest BCUT2D eigenvalue weighted by molar-refractivity contribution is 9.10. The molecule has 0 saturated heterocycles. The summed E-state index contributed by atoms with van der Waals surface area (Å²) in [6.07, 6.45) is -2.83. The quantitative estimate of drug-likeness (QED) is 0.822. The van der Waals surface area contributed by atoms with Crippen LogP contribution in [0.5, 0.6) is 0 Å². The Kier molecular flexibility index (Phi) is 4.92. The molecule has 0 radical (unpaired) electrons. The van der Waals surface area contributed by atoms with Gasteiger partial charge in [-0.2, -0.15) is 0 Å². The van der Waals surface area contributed by atoms with Crippen molar-refractivity contribution in [3.63, 3.8) is 0 Å². The third kappa shape index (κ3) is 3.30. The second-order valence-corrected chi connectivity index (χ2v) is 4.11. The number of hydrogen-bond donors (Lipinski definition) is 2. The molecule has 0 aromatic heterocycles. The molecule has 0 unspecified atom stereocenters. The van der Waals surface area contributed by atoms with Gasteiger partial charge in [0.05, 0.1) is 6.61 Å². The van der Waals surface area contributed by atoms with Gasteiger partial charge >= 0.3 is 5.97 Å². The van der Waals surface area contributed by atoms with E-state index < -0.39 is 18.2 Å². The predicted molar refractivity (Wildman–Crippen MR) is 61.7 cm³/mol. The van der Waals surface area contributed by atoms with Crippen LogP contribution in [0.2, 0.25) is 0 Å². The maximum absolute atomic E-state index is 11.2. The van der Waals surface area contributed by atoms with E-state index in [1.165, 1.54) is 0 Å². The molecule has 16 heavy (non-hydrogen) atoms. The van der Waals surface area contributed by atoms with Crippen molar-refractivity contribution in [1.29, 1.82) is 0 Å². The number of benzene rings is 1. The Bertz CT molecular complexity index is 350. The van der Waals surface area contributed by atoms with Gasteiger partial charge in [0.25, 0.3) is 0 Å². The van der Waals surface area contributed by atoms with Gasteiger partial charge in [-0.25, -0.2) is 4.79 Å². The molecular weight excluding hydrogens is 276 g/mol. The fourth-order valence-electron chi connectivity index (χ4n) is 1.20. The number of ether oxygens (including phenoxy) is 1. The molecule has 0 aliphatic rings. The zero-order chi connectivity index (χ0) is 12.1. The molecule has 2 atom stereocenters. The van der Waals surface area contributed by atoms with Crippen LogP contribution >= 0.6 is 15.9 Å². The third-order valence-electron chi connectivity index (χ3n) is 2.04. The summed E-state index contributed by atoms with van der Waals surface area (Å²) in [5, 5.41) is 19.2. The third-order valence-corrected chi connectivity index (χ3v) is 2.57. The van der Waals surface area contributed by atoms with Crippen LogP contribution in [0.1, 0.15) is 18.6 Å². The van der Waals surface area contributed by atoms with Crippen molar-refractivity contribution in [1.82, 2.24) is 0 Å². The molecule has 0 fully saturated rings. The molecule has 2 N–H and O–H groups in total. The summed E-state index contributed by atoms with van der Waals surface area (Å²) in [5.41, 5.74) is 0.462. The standard InChI is InChI=1S/C11H13BrO4/c1-2-16-11(15)10(14)9(13)7-3-5-8(12)6-4-7/h3-6,9-10,13-14H,2H2,1H3/t9-,10+/m1/s1. The lowest BCUT2D eigenvalue weighted by molar-refractivity contribution is -0.159. The smallest absolute Gasteiger partial charge is 0.338 e. The van der Waals surface area contributed by atoms with Crippen LogP contribution in [0.4, 0.5) is 0 Å². The van der Waals surface area contributed by atoms with Crippen LogP contribution in [0.25, 0.3) is 0 Å². The molecule has 0 aliphatic heterocycles. The second-order valence-electron chi connectivity index (χ2n) is 3.19. The Hall–Kier alpha value is -0.910. The normalized spacial score (nSPS) is 14.2. The van der Waals surface area contributed by atoms with Gasteiger partial charge in [-0.1, -0.05) is 28.1 Å². The number of carbonyl (C=O) groups is 1. The SMILES string of the molecule is CCOC(=O)[C@@H](O)[C@H](O)c1ccc(Br)cc1. The minimum Gasteiger partial charge on any atom is -0.464 e. The molecule has 0 heterocycles. The zero-order valence-electron chi connectivity index (χ0n) is 8.76. The highest BCUT2D eigenvalue weighted by Crippen LogP contribution is 2.20. The van der Waals surface area contributed by atoms with E-state index in [-0.39, 0.29) is 6.61 Å². The van der Waals surface area contributed by atoms with Gasteiger partial charge in [0.1, 0.15) is 6.10 Å². The number of esters is 1. The van der Waals surface area contributed by atoms with Crippen molar-refractivity contribution in [2.45, 2.75) is 19.1 Å². The average Bonchev–Trinajstić information content (AvgIpc) is 2.28. The van der Waals surface area contributed by atoms with Crippen LogP contribution in [0.3, 0.4) is 0 Å². The predicted octanol–water partition coefficient (Wildman–Crippen LogP) is 1.41. The first-order chi connectivity index (χ1) is 7.56. The van der Waals surface area contributed by atoms with Gasteiger partial charge in [-0.05, 0) is 24.6 Å². The summed E-state index contributed by atoms with van der Waals surface area (Å²) in [7, 11) is 0. The van der Waals surface area contributed by atoms with Crippen molar-refractivity contribution in [2.24, 2.45) is 0 Å². The molecule has 1 aromatic rings. The Morgan fingerprint density at radius 3 is 2.44 bits per heavy atom. The summed E-state index contributed by atoms with van der Waals surface area (Å²) in [6, 6.07) is 6.68.